The second kappa shape index (κ2) is 11.9. The van der Waals surface area contributed by atoms with E-state index in [1.165, 1.54) is 30.4 Å². The first-order valence-corrected chi connectivity index (χ1v) is 19.9. The van der Waals surface area contributed by atoms with Crippen LogP contribution in [0.5, 0.6) is 0 Å². The van der Waals surface area contributed by atoms with Crippen LogP contribution in [0.3, 0.4) is 0 Å². The third kappa shape index (κ3) is 4.85. The third-order valence-corrected chi connectivity index (χ3v) is 12.9. The van der Waals surface area contributed by atoms with Crippen LogP contribution in [0.15, 0.2) is 179 Å². The molecule has 0 amide bonds. The van der Waals surface area contributed by atoms with E-state index in [0.717, 1.165) is 82.6 Å². The highest BCUT2D eigenvalue weighted by atomic mass is 32.1. The van der Waals surface area contributed by atoms with Gasteiger partial charge in [-0.25, -0.2) is 4.98 Å². The first-order chi connectivity index (χ1) is 27.2. The summed E-state index contributed by atoms with van der Waals surface area (Å²) >= 11 is 3.60. The molecule has 12 aromatic rings. The molecular formula is C49H28N2O2S2. The van der Waals surface area contributed by atoms with Crippen LogP contribution in [0.2, 0.25) is 0 Å². The van der Waals surface area contributed by atoms with Gasteiger partial charge in [0.25, 0.3) is 0 Å². The SMILES string of the molecule is c1ccc(-c2nc3c(ccc4sc5ccc(-c6ccc(N(c7ccc8oc9ccccc9c8c7)c7ccc8oc9ccccc9c8c7)cc6)cc5c43)s2)cc1. The van der Waals surface area contributed by atoms with Crippen LogP contribution in [-0.2, 0) is 0 Å². The molecule has 0 aliphatic heterocycles. The molecular weight excluding hydrogens is 713 g/mol. The van der Waals surface area contributed by atoms with Gasteiger partial charge in [-0.1, -0.05) is 84.9 Å². The number of hydrogen-bond donors (Lipinski definition) is 0. The van der Waals surface area contributed by atoms with Crippen molar-refractivity contribution in [2.75, 3.05) is 4.90 Å². The number of furan rings is 2. The van der Waals surface area contributed by atoms with E-state index in [0.29, 0.717) is 0 Å². The summed E-state index contributed by atoms with van der Waals surface area (Å²) in [6.07, 6.45) is 0. The molecule has 0 spiro atoms. The first-order valence-electron chi connectivity index (χ1n) is 18.3. The van der Waals surface area contributed by atoms with Gasteiger partial charge < -0.3 is 13.7 Å². The number of thiophene rings is 1. The van der Waals surface area contributed by atoms with Crippen molar-refractivity contribution >= 4 is 114 Å². The van der Waals surface area contributed by atoms with Gasteiger partial charge in [-0.3, -0.25) is 0 Å². The number of fused-ring (bicyclic) bond motifs is 11. The first kappa shape index (κ1) is 30.7. The summed E-state index contributed by atoms with van der Waals surface area (Å²) in [5.41, 5.74) is 11.3. The van der Waals surface area contributed by atoms with Crippen molar-refractivity contribution in [3.05, 3.63) is 170 Å². The summed E-state index contributed by atoms with van der Waals surface area (Å²) in [7, 11) is 0. The van der Waals surface area contributed by atoms with Crippen molar-refractivity contribution in [1.29, 1.82) is 0 Å². The van der Waals surface area contributed by atoms with Crippen molar-refractivity contribution in [1.82, 2.24) is 4.98 Å². The Kier molecular flexibility index (Phi) is 6.64. The van der Waals surface area contributed by atoms with Gasteiger partial charge in [-0.15, -0.1) is 22.7 Å². The fourth-order valence-corrected chi connectivity index (χ4v) is 10.2. The minimum Gasteiger partial charge on any atom is -0.456 e. The number of aromatic nitrogens is 1. The zero-order chi connectivity index (χ0) is 36.0. The lowest BCUT2D eigenvalue weighted by Gasteiger charge is -2.26. The Morgan fingerprint density at radius 3 is 1.64 bits per heavy atom. The average molecular weight is 741 g/mol. The molecule has 8 aromatic carbocycles. The Morgan fingerprint density at radius 2 is 0.945 bits per heavy atom. The molecule has 0 fully saturated rings. The molecule has 6 heteroatoms. The molecule has 4 nitrogen and oxygen atoms in total. The molecule has 4 heterocycles. The standard InChI is InChI=1S/C49H28N2O2S2/c1-2-8-30(9-3-1)49-50-48-46(55-49)25-24-45-47(48)39-26-31(16-23-44(39)54-45)29-14-17-32(18-15-29)51(33-19-21-42-37(27-33)35-10-4-6-12-40(35)52-42)34-20-22-43-38(28-34)36-11-5-7-13-41(36)53-43/h1-28H. The van der Waals surface area contributed by atoms with E-state index in [2.05, 4.69) is 150 Å². The fraction of sp³-hybridized carbons (Fsp3) is 0. The normalized spacial score (nSPS) is 12.0. The number of thiazole rings is 1. The van der Waals surface area contributed by atoms with Gasteiger partial charge in [-0.05, 0) is 96.1 Å². The maximum Gasteiger partial charge on any atom is 0.135 e. The van der Waals surface area contributed by atoms with E-state index in [1.807, 2.05) is 35.6 Å². The molecule has 0 unspecified atom stereocenters. The Morgan fingerprint density at radius 1 is 0.382 bits per heavy atom. The van der Waals surface area contributed by atoms with Crippen molar-refractivity contribution in [3.63, 3.8) is 0 Å². The second-order valence-electron chi connectivity index (χ2n) is 13.9. The Balaban J connectivity index is 0.989. The van der Waals surface area contributed by atoms with Gasteiger partial charge in [0, 0.05) is 64.3 Å². The van der Waals surface area contributed by atoms with E-state index in [4.69, 9.17) is 13.8 Å². The number of hydrogen-bond acceptors (Lipinski definition) is 6. The number of para-hydroxylation sites is 2. The molecule has 0 N–H and O–H groups in total. The zero-order valence-electron chi connectivity index (χ0n) is 29.2. The lowest BCUT2D eigenvalue weighted by molar-refractivity contribution is 0.668. The Labute approximate surface area is 322 Å². The zero-order valence-corrected chi connectivity index (χ0v) is 30.8. The van der Waals surface area contributed by atoms with Gasteiger partial charge in [0.2, 0.25) is 0 Å². The number of anilines is 3. The van der Waals surface area contributed by atoms with Crippen LogP contribution in [0.1, 0.15) is 0 Å². The van der Waals surface area contributed by atoms with E-state index in [1.54, 1.807) is 11.3 Å². The number of rotatable bonds is 5. The molecule has 0 aliphatic carbocycles. The molecule has 0 aliphatic rings. The summed E-state index contributed by atoms with van der Waals surface area (Å²) in [5.74, 6) is 0. The highest BCUT2D eigenvalue weighted by molar-refractivity contribution is 7.26. The van der Waals surface area contributed by atoms with Crippen LogP contribution in [-0.4, -0.2) is 4.98 Å². The van der Waals surface area contributed by atoms with Gasteiger partial charge in [0.1, 0.15) is 27.3 Å². The smallest absolute Gasteiger partial charge is 0.135 e. The third-order valence-electron chi connectivity index (χ3n) is 10.7. The lowest BCUT2D eigenvalue weighted by Crippen LogP contribution is -2.09. The highest BCUT2D eigenvalue weighted by Gasteiger charge is 2.19. The van der Waals surface area contributed by atoms with Crippen molar-refractivity contribution in [2.45, 2.75) is 0 Å². The van der Waals surface area contributed by atoms with Gasteiger partial charge in [0.05, 0.1) is 10.2 Å². The van der Waals surface area contributed by atoms with Crippen molar-refractivity contribution in [3.8, 4) is 21.7 Å². The van der Waals surface area contributed by atoms with E-state index in [-0.39, 0.29) is 0 Å². The van der Waals surface area contributed by atoms with Gasteiger partial charge >= 0.3 is 0 Å². The molecule has 0 saturated carbocycles. The van der Waals surface area contributed by atoms with E-state index in [9.17, 15) is 0 Å². The maximum absolute atomic E-state index is 6.22. The van der Waals surface area contributed by atoms with E-state index >= 15 is 0 Å². The van der Waals surface area contributed by atoms with Crippen LogP contribution >= 0.6 is 22.7 Å². The molecule has 0 atom stereocenters. The summed E-state index contributed by atoms with van der Waals surface area (Å²) in [6, 6.07) is 60.2. The predicted molar refractivity (Wildman–Crippen MR) is 233 cm³/mol. The Bertz CT molecular complexity index is 3330. The van der Waals surface area contributed by atoms with E-state index < -0.39 is 0 Å². The topological polar surface area (TPSA) is 42.4 Å². The lowest BCUT2D eigenvalue weighted by atomic mass is 10.0. The van der Waals surface area contributed by atoms with Crippen LogP contribution in [0, 0.1) is 0 Å². The molecule has 0 radical (unpaired) electrons. The van der Waals surface area contributed by atoms with Crippen molar-refractivity contribution < 1.29 is 8.83 Å². The van der Waals surface area contributed by atoms with Gasteiger partial charge in [0.15, 0.2) is 0 Å². The molecule has 12 rings (SSSR count). The number of benzene rings is 8. The second-order valence-corrected chi connectivity index (χ2v) is 16.0. The molecule has 258 valence electrons. The summed E-state index contributed by atoms with van der Waals surface area (Å²) in [6.45, 7) is 0. The van der Waals surface area contributed by atoms with Gasteiger partial charge in [-0.2, -0.15) is 0 Å². The summed E-state index contributed by atoms with van der Waals surface area (Å²) in [4.78, 5) is 7.52. The molecule has 4 aromatic heterocycles. The minimum absolute atomic E-state index is 0.874. The fourth-order valence-electron chi connectivity index (χ4n) is 8.09. The largest absolute Gasteiger partial charge is 0.456 e. The molecule has 0 saturated heterocycles. The van der Waals surface area contributed by atoms with Crippen LogP contribution < -0.4 is 4.90 Å². The Hall–Kier alpha value is -6.73. The number of nitrogens with zero attached hydrogens (tertiary/aromatic N) is 2. The summed E-state index contributed by atoms with van der Waals surface area (Å²) < 4.78 is 16.2. The predicted octanol–water partition coefficient (Wildman–Crippen LogP) is 15.3. The highest BCUT2D eigenvalue weighted by Crippen LogP contribution is 2.44. The van der Waals surface area contributed by atoms with Crippen molar-refractivity contribution in [2.24, 2.45) is 0 Å². The maximum atomic E-state index is 6.22. The molecule has 55 heavy (non-hydrogen) atoms. The average Bonchev–Trinajstić information content (AvgIpc) is 4.02. The minimum atomic E-state index is 0.874. The van der Waals surface area contributed by atoms with Crippen LogP contribution in [0.25, 0.3) is 96.0 Å². The quantitative estimate of drug-likeness (QED) is 0.176. The van der Waals surface area contributed by atoms with Crippen LogP contribution in [0.4, 0.5) is 17.1 Å². The monoisotopic (exact) mass is 740 g/mol. The molecule has 0 bridgehead atoms. The summed E-state index contributed by atoms with van der Waals surface area (Å²) in [5, 5.41) is 7.93.